The van der Waals surface area contributed by atoms with Crippen LogP contribution in [-0.2, 0) is 7.05 Å². The number of fused-ring (bicyclic) bond motifs is 3. The molecular formula is C34H33N2O+. The number of aromatic nitrogens is 1. The summed E-state index contributed by atoms with van der Waals surface area (Å²) >= 11 is 0. The molecule has 1 saturated carbocycles. The minimum atomic E-state index is -0.469. The lowest BCUT2D eigenvalue weighted by atomic mass is 9.81. The van der Waals surface area contributed by atoms with Crippen molar-refractivity contribution in [2.45, 2.75) is 58.8 Å². The molecule has 184 valence electrons. The number of aryl methyl sites for hydroxylation is 1. The first-order valence-electron chi connectivity index (χ1n) is 15.5. The number of hydrogen-bond donors (Lipinski definition) is 0. The van der Waals surface area contributed by atoms with Gasteiger partial charge in [-0.25, -0.2) is 4.85 Å². The zero-order valence-corrected chi connectivity index (χ0v) is 21.8. The van der Waals surface area contributed by atoms with Gasteiger partial charge in [-0.1, -0.05) is 73.7 Å². The number of hydrogen-bond acceptors (Lipinski definition) is 1. The Labute approximate surface area is 226 Å². The monoisotopic (exact) mass is 490 g/mol. The minimum Gasteiger partial charge on any atom is -0.456 e. The third-order valence-corrected chi connectivity index (χ3v) is 8.30. The molecule has 3 heteroatoms. The summed E-state index contributed by atoms with van der Waals surface area (Å²) < 4.78 is 50.7. The first-order chi connectivity index (χ1) is 20.1. The van der Waals surface area contributed by atoms with Crippen molar-refractivity contribution in [3.63, 3.8) is 0 Å². The van der Waals surface area contributed by atoms with Gasteiger partial charge in [-0.15, -0.1) is 0 Å². The van der Waals surface area contributed by atoms with E-state index in [9.17, 15) is 0 Å². The Kier molecular flexibility index (Phi) is 4.56. The molecule has 1 aliphatic carbocycles. The van der Waals surface area contributed by atoms with Crippen molar-refractivity contribution >= 4 is 27.6 Å². The van der Waals surface area contributed by atoms with Gasteiger partial charge in [0.25, 0.3) is 0 Å². The average Bonchev–Trinajstić information content (AvgIpc) is 3.38. The van der Waals surface area contributed by atoms with Crippen LogP contribution in [0.25, 0.3) is 49.2 Å². The van der Waals surface area contributed by atoms with Gasteiger partial charge in [-0.05, 0) is 49.3 Å². The van der Waals surface area contributed by atoms with E-state index >= 15 is 0 Å². The van der Waals surface area contributed by atoms with E-state index < -0.39 is 18.1 Å². The van der Waals surface area contributed by atoms with Crippen LogP contribution in [0.5, 0.6) is 0 Å². The van der Waals surface area contributed by atoms with Crippen LogP contribution in [-0.4, -0.2) is 0 Å². The van der Waals surface area contributed by atoms with E-state index in [0.29, 0.717) is 17.1 Å². The van der Waals surface area contributed by atoms with E-state index in [2.05, 4.69) is 49.4 Å². The number of nitrogens with zero attached hydrogens (tertiary/aromatic N) is 2. The zero-order valence-electron chi connectivity index (χ0n) is 26.8. The van der Waals surface area contributed by atoms with Crippen molar-refractivity contribution in [1.29, 1.82) is 0 Å². The number of rotatable bonds is 3. The van der Waals surface area contributed by atoms with Crippen LogP contribution in [0.3, 0.4) is 0 Å². The fourth-order valence-electron chi connectivity index (χ4n) is 6.09. The summed E-state index contributed by atoms with van der Waals surface area (Å²) in [5.74, 6) is 0.532. The van der Waals surface area contributed by atoms with Gasteiger partial charge in [-0.2, -0.15) is 4.57 Å². The summed E-state index contributed by atoms with van der Waals surface area (Å²) in [7, 11) is 2.08. The highest BCUT2D eigenvalue weighted by atomic mass is 16.3. The van der Waals surface area contributed by atoms with Crippen LogP contribution in [0.15, 0.2) is 65.0 Å². The summed E-state index contributed by atoms with van der Waals surface area (Å²) in [6, 6.07) is 7.84. The molecule has 1 aliphatic rings. The zero-order chi connectivity index (χ0) is 30.0. The minimum absolute atomic E-state index is 0.0220. The molecule has 3 nitrogen and oxygen atoms in total. The first kappa shape index (κ1) is 18.4. The lowest BCUT2D eigenvalue weighted by molar-refractivity contribution is -0.667. The highest BCUT2D eigenvalue weighted by molar-refractivity contribution is 6.15. The Hall–Kier alpha value is -3.90. The van der Waals surface area contributed by atoms with E-state index in [1.807, 2.05) is 12.1 Å². The molecule has 0 amide bonds. The number of furan rings is 1. The molecule has 37 heavy (non-hydrogen) atoms. The van der Waals surface area contributed by atoms with Crippen LogP contribution < -0.4 is 4.57 Å². The number of pyridine rings is 1. The Morgan fingerprint density at radius 3 is 2.30 bits per heavy atom. The molecule has 2 heterocycles. The van der Waals surface area contributed by atoms with Crippen LogP contribution in [0, 0.1) is 27.3 Å². The van der Waals surface area contributed by atoms with Crippen LogP contribution in [0.2, 0.25) is 0 Å². The van der Waals surface area contributed by atoms with Crippen molar-refractivity contribution in [2.75, 3.05) is 0 Å². The van der Waals surface area contributed by atoms with Crippen molar-refractivity contribution in [2.24, 2.45) is 7.05 Å². The van der Waals surface area contributed by atoms with Gasteiger partial charge in [0.2, 0.25) is 5.69 Å². The molecule has 0 aliphatic heterocycles. The van der Waals surface area contributed by atoms with Gasteiger partial charge < -0.3 is 4.42 Å². The highest BCUT2D eigenvalue weighted by Gasteiger charge is 2.28. The van der Waals surface area contributed by atoms with Crippen LogP contribution in [0.4, 0.5) is 5.69 Å². The Morgan fingerprint density at radius 1 is 0.919 bits per heavy atom. The fraction of sp³-hybridized carbons (Fsp3) is 0.294. The Morgan fingerprint density at radius 2 is 1.59 bits per heavy atom. The molecule has 1 fully saturated rings. The molecule has 6 rings (SSSR count). The maximum atomic E-state index is 8.64. The third-order valence-electron chi connectivity index (χ3n) is 8.30. The maximum absolute atomic E-state index is 8.64. The molecule has 0 atom stereocenters. The standard InChI is InChI=1S/C34H33N2O/c1-21-16-17-26-27-18-19-29(35-4)32(25-14-10-7-11-15-25)34(27)37-33(26)31(21)30-20-28(22(2)23(3)36(30)5)24-12-8-6-9-13-24/h7,10-11,14-20,24H,6,8-9,12-13H2,1-3,5H3/q+1/i7D,10D,11D,14D,15D. The molecule has 0 N–H and O–H groups in total. The normalized spacial score (nSPS) is 16.2. The van der Waals surface area contributed by atoms with E-state index in [1.54, 1.807) is 6.07 Å². The molecular weight excluding hydrogens is 452 g/mol. The maximum Gasteiger partial charge on any atom is 0.216 e. The fourth-order valence-corrected chi connectivity index (χ4v) is 6.09. The third kappa shape index (κ3) is 3.75. The summed E-state index contributed by atoms with van der Waals surface area (Å²) in [4.78, 5) is 3.68. The molecule has 0 unspecified atom stereocenters. The molecule has 2 aromatic heterocycles. The van der Waals surface area contributed by atoms with Gasteiger partial charge in [0, 0.05) is 34.9 Å². The van der Waals surface area contributed by atoms with Crippen molar-refractivity contribution in [1.82, 2.24) is 0 Å². The largest absolute Gasteiger partial charge is 0.456 e. The molecule has 0 radical (unpaired) electrons. The van der Waals surface area contributed by atoms with E-state index in [0.717, 1.165) is 27.6 Å². The van der Waals surface area contributed by atoms with Gasteiger partial charge in [0.05, 0.1) is 19.0 Å². The van der Waals surface area contributed by atoms with Gasteiger partial charge in [0.1, 0.15) is 18.2 Å². The molecule has 5 aromatic rings. The SMILES string of the molecule is [2H]c1c([2H])c([2H])c(-c2c([N+]#[C-])ccc3c2oc2c(-c4cc(C5CCCCC5)c(C)c(C)[n+]4C)c(C)ccc23)c([2H])c1[2H]. The van der Waals surface area contributed by atoms with Crippen molar-refractivity contribution in [3.8, 4) is 22.4 Å². The molecule has 0 saturated heterocycles. The van der Waals surface area contributed by atoms with E-state index in [-0.39, 0.29) is 28.9 Å². The molecule has 0 bridgehead atoms. The lowest BCUT2D eigenvalue weighted by Crippen LogP contribution is -2.36. The average molecular weight is 491 g/mol. The summed E-state index contributed by atoms with van der Waals surface area (Å²) in [5, 5.41) is 1.59. The lowest BCUT2D eigenvalue weighted by Gasteiger charge is -2.24. The van der Waals surface area contributed by atoms with Crippen molar-refractivity contribution < 1.29 is 15.8 Å². The predicted octanol–water partition coefficient (Wildman–Crippen LogP) is 9.27. The number of benzene rings is 3. The highest BCUT2D eigenvalue weighted by Crippen LogP contribution is 2.45. The second kappa shape index (κ2) is 9.20. The van der Waals surface area contributed by atoms with E-state index in [4.69, 9.17) is 17.8 Å². The second-order valence-corrected chi connectivity index (χ2v) is 10.3. The van der Waals surface area contributed by atoms with Crippen LogP contribution in [0.1, 0.15) is 67.3 Å². The Balaban J connectivity index is 1.70. The second-order valence-electron chi connectivity index (χ2n) is 10.3. The summed E-state index contributed by atoms with van der Waals surface area (Å²) in [6.07, 6.45) is 6.19. The molecule has 3 aromatic carbocycles. The summed E-state index contributed by atoms with van der Waals surface area (Å²) in [6.45, 7) is 14.3. The smallest absolute Gasteiger partial charge is 0.216 e. The van der Waals surface area contributed by atoms with Crippen molar-refractivity contribution in [3.05, 3.63) is 94.3 Å². The van der Waals surface area contributed by atoms with Gasteiger partial charge >= 0.3 is 0 Å². The molecule has 0 spiro atoms. The van der Waals surface area contributed by atoms with Gasteiger partial charge in [0.15, 0.2) is 11.4 Å². The quantitative estimate of drug-likeness (QED) is 0.182. The topological polar surface area (TPSA) is 21.4 Å². The van der Waals surface area contributed by atoms with Crippen LogP contribution >= 0.6 is 0 Å². The van der Waals surface area contributed by atoms with Gasteiger partial charge in [-0.3, -0.25) is 0 Å². The summed E-state index contributed by atoms with van der Waals surface area (Å²) in [5.41, 5.74) is 8.37. The van der Waals surface area contributed by atoms with E-state index in [1.165, 1.54) is 48.9 Å². The predicted molar refractivity (Wildman–Crippen MR) is 152 cm³/mol. The Bertz CT molecular complexity index is 1950. The first-order valence-corrected chi connectivity index (χ1v) is 13.0.